The summed E-state index contributed by atoms with van der Waals surface area (Å²) in [6.07, 6.45) is 2.55. The first kappa shape index (κ1) is 22.5. The average molecular weight is 472 g/mol. The third-order valence-corrected chi connectivity index (χ3v) is 6.26. The molecule has 2 aromatic carbocycles. The van der Waals surface area contributed by atoms with Crippen LogP contribution in [0.2, 0.25) is 0 Å². The maximum Gasteiger partial charge on any atom is 0.328 e. The first-order valence-corrected chi connectivity index (χ1v) is 12.0. The van der Waals surface area contributed by atoms with Crippen molar-refractivity contribution in [3.8, 4) is 22.6 Å². The Hall–Kier alpha value is -3.66. The fraction of sp³-hybridized carbons (Fsp3) is 0.217. The molecule has 0 fully saturated rings. The topological polar surface area (TPSA) is 103 Å². The number of benzene rings is 2. The Labute approximate surface area is 189 Å². The molecule has 172 valence electrons. The van der Waals surface area contributed by atoms with Gasteiger partial charge in [-0.05, 0) is 29.8 Å². The number of halogens is 1. The van der Waals surface area contributed by atoms with Crippen LogP contribution in [0.3, 0.4) is 0 Å². The number of H-pyrrole nitrogens is 1. The van der Waals surface area contributed by atoms with Crippen LogP contribution in [-0.2, 0) is 9.84 Å². The van der Waals surface area contributed by atoms with E-state index in [1.165, 1.54) is 31.0 Å². The predicted molar refractivity (Wildman–Crippen MR) is 123 cm³/mol. The highest BCUT2D eigenvalue weighted by Gasteiger charge is 2.26. The molecule has 0 bridgehead atoms. The van der Waals surface area contributed by atoms with E-state index in [-0.39, 0.29) is 11.4 Å². The van der Waals surface area contributed by atoms with Crippen molar-refractivity contribution in [1.82, 2.24) is 14.5 Å². The zero-order chi connectivity index (χ0) is 23.8. The number of aromatic nitrogens is 3. The van der Waals surface area contributed by atoms with Gasteiger partial charge in [0.05, 0.1) is 31.5 Å². The molecule has 0 aliphatic heterocycles. The van der Waals surface area contributed by atoms with Crippen LogP contribution in [0.25, 0.3) is 22.3 Å². The molecule has 4 rings (SSSR count). The molecule has 0 saturated heterocycles. The summed E-state index contributed by atoms with van der Waals surface area (Å²) in [6, 6.07) is 11.8. The second-order valence-electron chi connectivity index (χ2n) is 7.56. The van der Waals surface area contributed by atoms with Crippen molar-refractivity contribution >= 4 is 21.0 Å². The molecule has 2 aromatic heterocycles. The summed E-state index contributed by atoms with van der Waals surface area (Å²) in [5.74, 6) is 0.0409. The molecule has 0 amide bonds. The van der Waals surface area contributed by atoms with Gasteiger partial charge in [0.25, 0.3) is 0 Å². The SMILES string of the molecule is COc1ccc([C@H](CS(C)(=O)=O)n2c(=O)[nH]c3c(-c4ccccc4F)ccnc32)cc1OC. The van der Waals surface area contributed by atoms with Crippen LogP contribution >= 0.6 is 0 Å². The van der Waals surface area contributed by atoms with Gasteiger partial charge >= 0.3 is 5.69 Å². The van der Waals surface area contributed by atoms with Gasteiger partial charge in [-0.25, -0.2) is 22.6 Å². The number of pyridine rings is 1. The molecular formula is C23H22FN3O5S. The van der Waals surface area contributed by atoms with Crippen molar-refractivity contribution in [2.75, 3.05) is 26.2 Å². The third-order valence-electron chi connectivity index (χ3n) is 5.34. The van der Waals surface area contributed by atoms with E-state index >= 15 is 0 Å². The van der Waals surface area contributed by atoms with Crippen LogP contribution in [0.15, 0.2) is 59.5 Å². The summed E-state index contributed by atoms with van der Waals surface area (Å²) < 4.78 is 51.0. The zero-order valence-corrected chi connectivity index (χ0v) is 19.0. The highest BCUT2D eigenvalue weighted by atomic mass is 32.2. The fourth-order valence-corrected chi connectivity index (χ4v) is 4.79. The van der Waals surface area contributed by atoms with Crippen molar-refractivity contribution in [2.24, 2.45) is 0 Å². The smallest absolute Gasteiger partial charge is 0.328 e. The highest BCUT2D eigenvalue weighted by molar-refractivity contribution is 7.90. The molecule has 0 radical (unpaired) electrons. The minimum atomic E-state index is -3.52. The van der Waals surface area contributed by atoms with Gasteiger partial charge in [0, 0.05) is 23.6 Å². The molecule has 33 heavy (non-hydrogen) atoms. The molecule has 0 spiro atoms. The standard InChI is InChI=1S/C23H22FN3O5S/c1-31-19-9-8-14(12-20(19)32-2)18(13-33(3,29)30)27-22-21(26-23(27)28)16(10-11-25-22)15-6-4-5-7-17(15)24/h4-12,18H,13H2,1-3H3,(H,26,28)/t18-/m0/s1. The lowest BCUT2D eigenvalue weighted by atomic mass is 10.0. The van der Waals surface area contributed by atoms with Gasteiger partial charge in [-0.2, -0.15) is 0 Å². The van der Waals surface area contributed by atoms with Gasteiger partial charge in [-0.3, -0.25) is 4.57 Å². The number of nitrogens with one attached hydrogen (secondary N) is 1. The summed E-state index contributed by atoms with van der Waals surface area (Å²) in [5, 5.41) is 0. The number of rotatable bonds is 7. The van der Waals surface area contributed by atoms with Crippen molar-refractivity contribution < 1.29 is 22.3 Å². The monoisotopic (exact) mass is 471 g/mol. The second kappa shape index (κ2) is 8.70. The van der Waals surface area contributed by atoms with Crippen LogP contribution in [0, 0.1) is 5.82 Å². The summed E-state index contributed by atoms with van der Waals surface area (Å²) in [5.41, 5.74) is 1.21. The Bertz CT molecular complexity index is 1490. The van der Waals surface area contributed by atoms with E-state index in [0.717, 1.165) is 6.26 Å². The van der Waals surface area contributed by atoms with E-state index in [4.69, 9.17) is 9.47 Å². The van der Waals surface area contributed by atoms with Crippen molar-refractivity contribution in [3.63, 3.8) is 0 Å². The average Bonchev–Trinajstić information content (AvgIpc) is 3.12. The maximum absolute atomic E-state index is 14.5. The predicted octanol–water partition coefficient (Wildman–Crippen LogP) is 3.18. The first-order chi connectivity index (χ1) is 15.7. The molecule has 4 aromatic rings. The fourth-order valence-electron chi connectivity index (χ4n) is 3.88. The van der Waals surface area contributed by atoms with Crippen molar-refractivity contribution in [1.29, 1.82) is 0 Å². The second-order valence-corrected chi connectivity index (χ2v) is 9.74. The molecule has 0 saturated carbocycles. The molecule has 10 heteroatoms. The maximum atomic E-state index is 14.5. The molecular weight excluding hydrogens is 449 g/mol. The largest absolute Gasteiger partial charge is 0.493 e. The number of nitrogens with zero attached hydrogens (tertiary/aromatic N) is 2. The van der Waals surface area contributed by atoms with Gasteiger partial charge in [0.15, 0.2) is 17.1 Å². The Morgan fingerprint density at radius 2 is 1.79 bits per heavy atom. The number of fused-ring (bicyclic) bond motifs is 1. The normalized spacial score (nSPS) is 12.6. The Balaban J connectivity index is 1.97. The van der Waals surface area contributed by atoms with E-state index in [1.54, 1.807) is 42.5 Å². The number of ether oxygens (including phenoxy) is 2. The molecule has 0 aliphatic carbocycles. The van der Waals surface area contributed by atoms with Crippen LogP contribution < -0.4 is 15.2 Å². The van der Waals surface area contributed by atoms with Gasteiger partial charge < -0.3 is 14.5 Å². The van der Waals surface area contributed by atoms with Gasteiger partial charge in [-0.1, -0.05) is 24.3 Å². The number of sulfone groups is 1. The molecule has 0 aliphatic rings. The summed E-state index contributed by atoms with van der Waals surface area (Å²) in [6.45, 7) is 0. The van der Waals surface area contributed by atoms with Crippen LogP contribution in [0.4, 0.5) is 4.39 Å². The molecule has 1 N–H and O–H groups in total. The number of hydrogen-bond acceptors (Lipinski definition) is 6. The number of aromatic amines is 1. The van der Waals surface area contributed by atoms with E-state index < -0.39 is 27.4 Å². The molecule has 2 heterocycles. The molecule has 8 nitrogen and oxygen atoms in total. The summed E-state index contributed by atoms with van der Waals surface area (Å²) in [7, 11) is -0.565. The van der Waals surface area contributed by atoms with Gasteiger partial charge in [-0.15, -0.1) is 0 Å². The quantitative estimate of drug-likeness (QED) is 0.444. The van der Waals surface area contributed by atoms with E-state index in [0.29, 0.717) is 33.7 Å². The van der Waals surface area contributed by atoms with Gasteiger partial charge in [0.1, 0.15) is 15.7 Å². The number of hydrogen-bond donors (Lipinski definition) is 1. The van der Waals surface area contributed by atoms with E-state index in [2.05, 4.69) is 9.97 Å². The minimum Gasteiger partial charge on any atom is -0.493 e. The summed E-state index contributed by atoms with van der Waals surface area (Å²) in [4.78, 5) is 20.2. The van der Waals surface area contributed by atoms with Crippen molar-refractivity contribution in [2.45, 2.75) is 6.04 Å². The Morgan fingerprint density at radius 1 is 1.06 bits per heavy atom. The van der Waals surface area contributed by atoms with Crippen molar-refractivity contribution in [3.05, 3.63) is 76.6 Å². The molecule has 1 atom stereocenters. The lowest BCUT2D eigenvalue weighted by Gasteiger charge is -2.19. The number of imidazole rings is 1. The molecule has 0 unspecified atom stereocenters. The van der Waals surface area contributed by atoms with Crippen LogP contribution in [0.1, 0.15) is 11.6 Å². The highest BCUT2D eigenvalue weighted by Crippen LogP contribution is 2.34. The summed E-state index contributed by atoms with van der Waals surface area (Å²) >= 11 is 0. The van der Waals surface area contributed by atoms with E-state index in [1.807, 2.05) is 0 Å². The number of methoxy groups -OCH3 is 2. The van der Waals surface area contributed by atoms with Gasteiger partial charge in [0.2, 0.25) is 0 Å². The van der Waals surface area contributed by atoms with E-state index in [9.17, 15) is 17.6 Å². The van der Waals surface area contributed by atoms with Crippen LogP contribution in [-0.4, -0.2) is 49.2 Å². The first-order valence-electron chi connectivity index (χ1n) is 9.97. The Morgan fingerprint density at radius 3 is 2.45 bits per heavy atom. The Kier molecular flexibility index (Phi) is 5.94. The third kappa shape index (κ3) is 4.34. The minimum absolute atomic E-state index is 0.212. The lowest BCUT2D eigenvalue weighted by molar-refractivity contribution is 0.354. The zero-order valence-electron chi connectivity index (χ0n) is 18.2. The lowest BCUT2D eigenvalue weighted by Crippen LogP contribution is -2.28. The van der Waals surface area contributed by atoms with Crippen LogP contribution in [0.5, 0.6) is 11.5 Å².